The summed E-state index contributed by atoms with van der Waals surface area (Å²) in [4.78, 5) is 16.9. The van der Waals surface area contributed by atoms with E-state index in [2.05, 4.69) is 20.8 Å². The van der Waals surface area contributed by atoms with Gasteiger partial charge in [-0.1, -0.05) is 29.4 Å². The molecular weight excluding hydrogens is 492 g/mol. The Morgan fingerprint density at radius 3 is 2.41 bits per heavy atom. The van der Waals surface area contributed by atoms with Crippen molar-refractivity contribution in [2.45, 2.75) is 51.7 Å². The Morgan fingerprint density at radius 1 is 1.08 bits per heavy atom. The summed E-state index contributed by atoms with van der Waals surface area (Å²) < 4.78 is 39.6. The molecule has 0 aliphatic carbocycles. The molecule has 2 saturated heterocycles. The zero-order valence-electron chi connectivity index (χ0n) is 21.9. The lowest BCUT2D eigenvalue weighted by atomic mass is 10.0. The molecule has 2 fully saturated rings. The Bertz CT molecular complexity index is 1430. The number of nitrogens with zero attached hydrogens (tertiary/aromatic N) is 3. The number of sulfonamides is 1. The second kappa shape index (κ2) is 9.33. The van der Waals surface area contributed by atoms with Gasteiger partial charge in [0.05, 0.1) is 10.3 Å². The molecule has 0 unspecified atom stereocenters. The third-order valence-corrected chi connectivity index (χ3v) is 8.56. The van der Waals surface area contributed by atoms with E-state index in [1.54, 1.807) is 31.2 Å². The van der Waals surface area contributed by atoms with E-state index in [9.17, 15) is 13.2 Å². The highest BCUT2D eigenvalue weighted by atomic mass is 32.2. The smallest absolute Gasteiger partial charge is 0.410 e. The fraction of sp³-hybridized carbons (Fsp3) is 0.481. The molecular formula is C27H34N4O5S. The number of nitrogens with one attached hydrogen (secondary N) is 1. The van der Waals surface area contributed by atoms with Crippen LogP contribution in [-0.4, -0.2) is 61.2 Å². The van der Waals surface area contributed by atoms with Gasteiger partial charge in [-0.2, -0.15) is 0 Å². The SMILES string of the molecule is Cc1ccccc1S(=O)(=O)Nc1noc2cc(CN3C[C@@H]4CN(C(=O)OC(C)(C)C)C[C@@H]4C3)cc(C)c12. The van der Waals surface area contributed by atoms with Crippen LogP contribution in [0.25, 0.3) is 11.0 Å². The minimum atomic E-state index is -3.80. The van der Waals surface area contributed by atoms with Gasteiger partial charge in [-0.15, -0.1) is 0 Å². The molecule has 1 N–H and O–H groups in total. The fourth-order valence-electron chi connectivity index (χ4n) is 5.50. The Balaban J connectivity index is 1.26. The summed E-state index contributed by atoms with van der Waals surface area (Å²) in [5.41, 5.74) is 2.70. The first-order chi connectivity index (χ1) is 17.4. The van der Waals surface area contributed by atoms with Crippen LogP contribution in [0.1, 0.15) is 37.5 Å². The molecule has 2 aliphatic rings. The van der Waals surface area contributed by atoms with E-state index in [0.717, 1.165) is 43.9 Å². The summed E-state index contributed by atoms with van der Waals surface area (Å²) in [5, 5.41) is 4.70. The van der Waals surface area contributed by atoms with E-state index in [0.29, 0.717) is 28.4 Å². The number of likely N-dealkylation sites (tertiary alicyclic amines) is 2. The van der Waals surface area contributed by atoms with Crippen molar-refractivity contribution < 1.29 is 22.5 Å². The van der Waals surface area contributed by atoms with Crippen molar-refractivity contribution in [1.29, 1.82) is 0 Å². The molecule has 0 radical (unpaired) electrons. The molecule has 3 aromatic rings. The van der Waals surface area contributed by atoms with Gasteiger partial charge in [0.2, 0.25) is 0 Å². The zero-order chi connectivity index (χ0) is 26.5. The van der Waals surface area contributed by atoms with Gasteiger partial charge in [0.25, 0.3) is 10.0 Å². The summed E-state index contributed by atoms with van der Waals surface area (Å²) in [5.74, 6) is 1.07. The van der Waals surface area contributed by atoms with Crippen LogP contribution in [0.2, 0.25) is 0 Å². The number of aryl methyl sites for hydroxylation is 2. The Hall–Kier alpha value is -3.11. The molecule has 37 heavy (non-hydrogen) atoms. The number of ether oxygens (including phenoxy) is 1. The summed E-state index contributed by atoms with van der Waals surface area (Å²) >= 11 is 0. The van der Waals surface area contributed by atoms with Crippen LogP contribution >= 0.6 is 0 Å². The van der Waals surface area contributed by atoms with Crippen LogP contribution in [0.4, 0.5) is 10.6 Å². The molecule has 0 saturated carbocycles. The highest BCUT2D eigenvalue weighted by molar-refractivity contribution is 7.92. The number of benzene rings is 2. The van der Waals surface area contributed by atoms with Gasteiger partial charge in [0.1, 0.15) is 5.60 Å². The van der Waals surface area contributed by atoms with Crippen molar-refractivity contribution >= 4 is 32.9 Å². The van der Waals surface area contributed by atoms with E-state index in [-0.39, 0.29) is 16.8 Å². The number of amides is 1. The first kappa shape index (κ1) is 25.5. The van der Waals surface area contributed by atoms with E-state index < -0.39 is 15.6 Å². The number of hydrogen-bond acceptors (Lipinski definition) is 7. The third-order valence-electron chi connectivity index (χ3n) is 7.07. The predicted molar refractivity (Wildman–Crippen MR) is 141 cm³/mol. The van der Waals surface area contributed by atoms with Gasteiger partial charge in [0.15, 0.2) is 11.4 Å². The molecule has 9 nitrogen and oxygen atoms in total. The maximum atomic E-state index is 13.0. The third kappa shape index (κ3) is 5.31. The average molecular weight is 527 g/mol. The lowest BCUT2D eigenvalue weighted by Gasteiger charge is -2.26. The molecule has 0 bridgehead atoms. The average Bonchev–Trinajstić information content (AvgIpc) is 3.46. The number of anilines is 1. The van der Waals surface area contributed by atoms with Crippen molar-refractivity contribution in [3.63, 3.8) is 0 Å². The van der Waals surface area contributed by atoms with Gasteiger partial charge in [-0.05, 0) is 75.3 Å². The quantitative estimate of drug-likeness (QED) is 0.520. The topological polar surface area (TPSA) is 105 Å². The minimum absolute atomic E-state index is 0.195. The number of aromatic nitrogens is 1. The van der Waals surface area contributed by atoms with Crippen LogP contribution < -0.4 is 4.72 Å². The maximum Gasteiger partial charge on any atom is 0.410 e. The van der Waals surface area contributed by atoms with Crippen molar-refractivity contribution in [3.8, 4) is 0 Å². The molecule has 0 spiro atoms. The molecule has 5 rings (SSSR count). The molecule has 10 heteroatoms. The van der Waals surface area contributed by atoms with Gasteiger partial charge < -0.3 is 14.2 Å². The second-order valence-corrected chi connectivity index (χ2v) is 12.9. The van der Waals surface area contributed by atoms with Crippen LogP contribution in [0.15, 0.2) is 45.8 Å². The number of rotatable bonds is 5. The molecule has 2 aliphatic heterocycles. The van der Waals surface area contributed by atoms with E-state index in [1.807, 2.05) is 38.7 Å². The molecule has 1 amide bonds. The summed E-state index contributed by atoms with van der Waals surface area (Å²) in [6, 6.07) is 10.8. The van der Waals surface area contributed by atoms with Gasteiger partial charge >= 0.3 is 6.09 Å². The Kier molecular flexibility index (Phi) is 6.44. The van der Waals surface area contributed by atoms with Crippen molar-refractivity contribution in [3.05, 3.63) is 53.1 Å². The highest BCUT2D eigenvalue weighted by Crippen LogP contribution is 2.34. The number of fused-ring (bicyclic) bond motifs is 2. The maximum absolute atomic E-state index is 13.0. The normalized spacial score (nSPS) is 20.4. The molecule has 3 heterocycles. The number of carbonyl (C=O) groups excluding carboxylic acids is 1. The lowest BCUT2D eigenvalue weighted by Crippen LogP contribution is -2.37. The summed E-state index contributed by atoms with van der Waals surface area (Å²) in [6.45, 7) is 13.4. The zero-order valence-corrected chi connectivity index (χ0v) is 22.8. The van der Waals surface area contributed by atoms with Crippen molar-refractivity contribution in [1.82, 2.24) is 15.0 Å². The van der Waals surface area contributed by atoms with Crippen LogP contribution in [0, 0.1) is 25.7 Å². The fourth-order valence-corrected chi connectivity index (χ4v) is 6.75. The van der Waals surface area contributed by atoms with E-state index >= 15 is 0 Å². The Labute approximate surface area is 217 Å². The van der Waals surface area contributed by atoms with Crippen molar-refractivity contribution in [2.75, 3.05) is 30.9 Å². The minimum Gasteiger partial charge on any atom is -0.444 e. The van der Waals surface area contributed by atoms with Crippen LogP contribution in [0.5, 0.6) is 0 Å². The Morgan fingerprint density at radius 2 is 1.76 bits per heavy atom. The first-order valence-corrected chi connectivity index (χ1v) is 14.1. The van der Waals surface area contributed by atoms with Gasteiger partial charge in [0, 0.05) is 32.7 Å². The molecule has 1 aromatic heterocycles. The van der Waals surface area contributed by atoms with Gasteiger partial charge in [-0.3, -0.25) is 9.62 Å². The number of carbonyl (C=O) groups is 1. The first-order valence-electron chi connectivity index (χ1n) is 12.6. The molecule has 198 valence electrons. The monoisotopic (exact) mass is 526 g/mol. The van der Waals surface area contributed by atoms with Crippen LogP contribution in [0.3, 0.4) is 0 Å². The lowest BCUT2D eigenvalue weighted by molar-refractivity contribution is 0.0274. The van der Waals surface area contributed by atoms with Gasteiger partial charge in [-0.25, -0.2) is 13.2 Å². The molecule has 2 atom stereocenters. The molecule has 2 aromatic carbocycles. The summed E-state index contributed by atoms with van der Waals surface area (Å²) in [6.07, 6.45) is -0.228. The number of hydrogen-bond donors (Lipinski definition) is 1. The highest BCUT2D eigenvalue weighted by Gasteiger charge is 2.42. The van der Waals surface area contributed by atoms with Crippen LogP contribution in [-0.2, 0) is 21.3 Å². The predicted octanol–water partition coefficient (Wildman–Crippen LogP) is 4.54. The second-order valence-electron chi connectivity index (χ2n) is 11.3. The standard InChI is InChI=1S/C27H34N4O5S/c1-17-8-6-7-9-23(17)37(33,34)29-25-24-18(2)10-19(11-22(24)36-28-25)12-30-13-20-15-31(16-21(20)14-30)26(32)35-27(3,4)5/h6-11,20-21H,12-16H2,1-5H3,(H,28,29)/t20-,21+. The largest absolute Gasteiger partial charge is 0.444 e. The summed E-state index contributed by atoms with van der Waals surface area (Å²) in [7, 11) is -3.80. The van der Waals surface area contributed by atoms with E-state index in [1.165, 1.54) is 0 Å². The van der Waals surface area contributed by atoms with Crippen molar-refractivity contribution in [2.24, 2.45) is 11.8 Å². The van der Waals surface area contributed by atoms with E-state index in [4.69, 9.17) is 9.26 Å².